The van der Waals surface area contributed by atoms with Crippen LogP contribution in [0, 0.1) is 0 Å². The monoisotopic (exact) mass is 211 g/mol. The number of hydrogen-bond acceptors (Lipinski definition) is 1. The molecular weight excluding hydrogens is 201 g/mol. The molecule has 0 spiro atoms. The summed E-state index contributed by atoms with van der Waals surface area (Å²) in [6, 6.07) is 0. The minimum absolute atomic E-state index is 1.42. The molecule has 0 aliphatic carbocycles. The van der Waals surface area contributed by atoms with Crippen LogP contribution in [0.15, 0.2) is 24.6 Å². The highest BCUT2D eigenvalue weighted by Crippen LogP contribution is 2.04. The second kappa shape index (κ2) is 5.15. The summed E-state index contributed by atoms with van der Waals surface area (Å²) >= 11 is 11.9. The smallest absolute Gasteiger partial charge is 0.231 e. The van der Waals surface area contributed by atoms with Crippen molar-refractivity contribution in [3.63, 3.8) is 0 Å². The summed E-state index contributed by atoms with van der Waals surface area (Å²) in [6.07, 6.45) is 0. The maximum Gasteiger partial charge on any atom is 0.231 e. The molecule has 0 fully saturated rings. The molecule has 0 aromatic rings. The highest BCUT2D eigenvalue weighted by molar-refractivity contribution is 7.18. The van der Waals surface area contributed by atoms with E-state index in [4.69, 9.17) is 22.2 Å². The van der Waals surface area contributed by atoms with Crippen molar-refractivity contribution in [2.24, 2.45) is 0 Å². The van der Waals surface area contributed by atoms with Gasteiger partial charge in [-0.1, -0.05) is 11.4 Å². The van der Waals surface area contributed by atoms with E-state index in [-0.39, 0.29) is 0 Å². The summed E-state index contributed by atoms with van der Waals surface area (Å²) in [5, 5.41) is 0. The lowest BCUT2D eigenvalue weighted by Crippen LogP contribution is -2.38. The standard InChI is InChI=1S/C5H11Cl2NSi2/c1-4-9(6)8(3)10(7)5-2/h4-5,9-10H,1-2H2,3H3. The van der Waals surface area contributed by atoms with Crippen LogP contribution in [0.4, 0.5) is 0 Å². The Balaban J connectivity index is 3.91. The number of nitrogens with zero attached hydrogens (tertiary/aromatic N) is 1. The van der Waals surface area contributed by atoms with Crippen LogP contribution in [0.2, 0.25) is 0 Å². The Morgan fingerprint density at radius 1 is 1.20 bits per heavy atom. The van der Waals surface area contributed by atoms with Gasteiger partial charge in [0.05, 0.1) is 0 Å². The summed E-state index contributed by atoms with van der Waals surface area (Å²) in [5.41, 5.74) is 3.57. The van der Waals surface area contributed by atoms with Gasteiger partial charge in [-0.25, -0.2) is 0 Å². The lowest BCUT2D eigenvalue weighted by molar-refractivity contribution is 0.849. The fraction of sp³-hybridized carbons (Fsp3) is 0.200. The van der Waals surface area contributed by atoms with Gasteiger partial charge in [0.25, 0.3) is 0 Å². The summed E-state index contributed by atoms with van der Waals surface area (Å²) in [5.74, 6) is 0. The molecule has 0 saturated heterocycles. The predicted octanol–water partition coefficient (Wildman–Crippen LogP) is 1.29. The number of hydrogen-bond donors (Lipinski definition) is 0. The van der Waals surface area contributed by atoms with Crippen molar-refractivity contribution >= 4 is 38.7 Å². The maximum atomic E-state index is 5.94. The fourth-order valence-electron chi connectivity index (χ4n) is 0.469. The molecule has 0 amide bonds. The average molecular weight is 212 g/mol. The van der Waals surface area contributed by atoms with E-state index < -0.39 is 16.5 Å². The minimum Gasteiger partial charge on any atom is -0.323 e. The van der Waals surface area contributed by atoms with Gasteiger partial charge in [0.15, 0.2) is 0 Å². The van der Waals surface area contributed by atoms with Crippen molar-refractivity contribution in [3.05, 3.63) is 24.6 Å². The van der Waals surface area contributed by atoms with Crippen molar-refractivity contribution in [1.29, 1.82) is 0 Å². The summed E-state index contributed by atoms with van der Waals surface area (Å²) in [6.45, 7) is 7.23. The lowest BCUT2D eigenvalue weighted by Gasteiger charge is -2.20. The van der Waals surface area contributed by atoms with Crippen molar-refractivity contribution in [2.45, 2.75) is 0 Å². The van der Waals surface area contributed by atoms with Crippen LogP contribution in [0.3, 0.4) is 0 Å². The molecule has 10 heavy (non-hydrogen) atoms. The van der Waals surface area contributed by atoms with Gasteiger partial charge in [0.2, 0.25) is 16.5 Å². The van der Waals surface area contributed by atoms with Crippen molar-refractivity contribution in [1.82, 2.24) is 4.23 Å². The van der Waals surface area contributed by atoms with E-state index in [1.807, 2.05) is 11.3 Å². The molecule has 0 aliphatic rings. The third kappa shape index (κ3) is 3.03. The van der Waals surface area contributed by atoms with E-state index in [1.54, 1.807) is 11.4 Å². The molecular formula is C5H11Cl2NSi2. The van der Waals surface area contributed by atoms with Gasteiger partial charge in [0, 0.05) is 0 Å². The molecule has 0 heterocycles. The minimum atomic E-state index is -1.42. The Morgan fingerprint density at radius 2 is 1.50 bits per heavy atom. The van der Waals surface area contributed by atoms with Crippen LogP contribution in [-0.4, -0.2) is 27.8 Å². The molecule has 2 unspecified atom stereocenters. The summed E-state index contributed by atoms with van der Waals surface area (Å²) < 4.78 is 2.02. The van der Waals surface area contributed by atoms with Gasteiger partial charge in [-0.2, -0.15) is 0 Å². The van der Waals surface area contributed by atoms with Crippen LogP contribution in [-0.2, 0) is 0 Å². The third-order valence-electron chi connectivity index (χ3n) is 1.17. The average Bonchev–Trinajstić information content (AvgIpc) is 2.00. The Bertz CT molecular complexity index is 117. The normalized spacial score (nSPS) is 16.4. The zero-order valence-electron chi connectivity index (χ0n) is 5.93. The molecule has 0 aromatic heterocycles. The number of halogens is 2. The second-order valence-electron chi connectivity index (χ2n) is 1.88. The van der Waals surface area contributed by atoms with E-state index in [0.29, 0.717) is 0 Å². The van der Waals surface area contributed by atoms with Gasteiger partial charge < -0.3 is 4.23 Å². The molecule has 5 heteroatoms. The quantitative estimate of drug-likeness (QED) is 0.501. The Hall–Kier alpha value is 0.454. The molecule has 2 atom stereocenters. The second-order valence-corrected chi connectivity index (χ2v) is 9.22. The molecule has 58 valence electrons. The molecule has 0 bridgehead atoms. The first-order valence-corrected chi connectivity index (χ1v) is 8.74. The highest BCUT2D eigenvalue weighted by atomic mass is 35.6. The summed E-state index contributed by atoms with van der Waals surface area (Å²) in [7, 11) is -0.918. The maximum absolute atomic E-state index is 5.94. The first-order chi connectivity index (χ1) is 4.63. The highest BCUT2D eigenvalue weighted by Gasteiger charge is 2.16. The molecule has 0 saturated carbocycles. The predicted molar refractivity (Wildman–Crippen MR) is 54.2 cm³/mol. The summed E-state index contributed by atoms with van der Waals surface area (Å²) in [4.78, 5) is 0. The topological polar surface area (TPSA) is 3.24 Å². The molecule has 0 rings (SSSR count). The van der Waals surface area contributed by atoms with Gasteiger partial charge in [0.1, 0.15) is 0 Å². The van der Waals surface area contributed by atoms with Crippen molar-refractivity contribution in [3.8, 4) is 0 Å². The Kier molecular flexibility index (Phi) is 5.38. The molecule has 0 aromatic carbocycles. The largest absolute Gasteiger partial charge is 0.323 e. The van der Waals surface area contributed by atoms with E-state index in [9.17, 15) is 0 Å². The SMILES string of the molecule is C=C[SiH](Cl)N(C)[SiH](Cl)C=C. The zero-order chi connectivity index (χ0) is 8.15. The molecule has 0 aliphatic heterocycles. The van der Waals surface area contributed by atoms with Gasteiger partial charge in [-0.3, -0.25) is 0 Å². The first kappa shape index (κ1) is 10.5. The van der Waals surface area contributed by atoms with Crippen LogP contribution in [0.25, 0.3) is 0 Å². The Morgan fingerprint density at radius 3 is 1.70 bits per heavy atom. The molecule has 1 nitrogen and oxygen atoms in total. The van der Waals surface area contributed by atoms with Crippen LogP contribution in [0.5, 0.6) is 0 Å². The first-order valence-electron chi connectivity index (χ1n) is 2.88. The van der Waals surface area contributed by atoms with E-state index in [2.05, 4.69) is 13.2 Å². The van der Waals surface area contributed by atoms with E-state index in [0.717, 1.165) is 0 Å². The van der Waals surface area contributed by atoms with Crippen LogP contribution < -0.4 is 0 Å². The number of rotatable bonds is 4. The van der Waals surface area contributed by atoms with Crippen LogP contribution >= 0.6 is 22.2 Å². The van der Waals surface area contributed by atoms with Gasteiger partial charge in [-0.05, 0) is 7.05 Å². The van der Waals surface area contributed by atoms with E-state index in [1.165, 1.54) is 0 Å². The van der Waals surface area contributed by atoms with Gasteiger partial charge in [-0.15, -0.1) is 35.3 Å². The van der Waals surface area contributed by atoms with Crippen LogP contribution in [0.1, 0.15) is 0 Å². The molecule has 0 N–H and O–H groups in total. The third-order valence-corrected chi connectivity index (χ3v) is 9.48. The van der Waals surface area contributed by atoms with Crippen molar-refractivity contribution in [2.75, 3.05) is 7.05 Å². The fourth-order valence-corrected chi connectivity index (χ4v) is 5.66. The van der Waals surface area contributed by atoms with Crippen molar-refractivity contribution < 1.29 is 0 Å². The zero-order valence-corrected chi connectivity index (χ0v) is 9.75. The van der Waals surface area contributed by atoms with Gasteiger partial charge >= 0.3 is 0 Å². The molecule has 0 radical (unpaired) electrons. The Labute approximate surface area is 74.7 Å². The van der Waals surface area contributed by atoms with E-state index >= 15 is 0 Å². The lowest BCUT2D eigenvalue weighted by atomic mass is 11.3.